The van der Waals surface area contributed by atoms with Crippen molar-refractivity contribution in [3.8, 4) is 0 Å². The average molecular weight is 316 g/mol. The molecule has 2 unspecified atom stereocenters. The monoisotopic (exact) mass is 315 g/mol. The van der Waals surface area contributed by atoms with Crippen molar-refractivity contribution in [2.45, 2.75) is 25.7 Å². The van der Waals surface area contributed by atoms with E-state index in [4.69, 9.17) is 10.7 Å². The molecule has 0 radical (unpaired) electrons. The van der Waals surface area contributed by atoms with Gasteiger partial charge in [0.15, 0.2) is 0 Å². The van der Waals surface area contributed by atoms with E-state index in [0.29, 0.717) is 30.5 Å². The topological polar surface area (TPSA) is 54.5 Å². The van der Waals surface area contributed by atoms with E-state index in [2.05, 4.69) is 13.8 Å². The molecule has 0 bridgehead atoms. The van der Waals surface area contributed by atoms with Gasteiger partial charge in [0.05, 0.1) is 4.90 Å². The Morgan fingerprint density at radius 3 is 2.30 bits per heavy atom. The summed E-state index contributed by atoms with van der Waals surface area (Å²) in [5, 5.41) is 0. The summed E-state index contributed by atoms with van der Waals surface area (Å²) in [6.07, 6.45) is 0. The minimum absolute atomic E-state index is 0.0339. The summed E-state index contributed by atoms with van der Waals surface area (Å²) in [7, 11) is 1.52. The summed E-state index contributed by atoms with van der Waals surface area (Å²) in [5.74, 6) is 0.791. The second-order valence-corrected chi connectivity index (χ2v) is 8.15. The van der Waals surface area contributed by atoms with E-state index < -0.39 is 9.05 Å². The first-order valence-electron chi connectivity index (χ1n) is 6.54. The molecule has 1 aliphatic rings. The molecule has 1 heterocycles. The predicted octanol–water partition coefficient (Wildman–Crippen LogP) is 2.65. The fourth-order valence-electron chi connectivity index (χ4n) is 2.45. The van der Waals surface area contributed by atoms with E-state index in [9.17, 15) is 13.2 Å². The summed E-state index contributed by atoms with van der Waals surface area (Å²) in [4.78, 5) is 14.3. The highest BCUT2D eigenvalue weighted by Crippen LogP contribution is 2.26. The Labute approximate surface area is 124 Å². The maximum absolute atomic E-state index is 12.5. The lowest BCUT2D eigenvalue weighted by molar-refractivity contribution is 0.0784. The molecule has 0 N–H and O–H groups in total. The minimum atomic E-state index is -3.82. The van der Waals surface area contributed by atoms with Crippen LogP contribution in [0.5, 0.6) is 0 Å². The van der Waals surface area contributed by atoms with Crippen molar-refractivity contribution in [2.24, 2.45) is 11.8 Å². The fourth-order valence-corrected chi connectivity index (χ4v) is 3.23. The Bertz CT molecular complexity index is 632. The van der Waals surface area contributed by atoms with Gasteiger partial charge in [0.1, 0.15) is 0 Å². The molecule has 2 rings (SSSR count). The van der Waals surface area contributed by atoms with Crippen LogP contribution in [0.4, 0.5) is 0 Å². The Morgan fingerprint density at radius 2 is 1.80 bits per heavy atom. The Morgan fingerprint density at radius 1 is 1.25 bits per heavy atom. The maximum atomic E-state index is 12.5. The number of amides is 1. The van der Waals surface area contributed by atoms with Crippen LogP contribution in [-0.4, -0.2) is 32.3 Å². The lowest BCUT2D eigenvalue weighted by Crippen LogP contribution is -2.29. The average Bonchev–Trinajstić information content (AvgIpc) is 2.68. The highest BCUT2D eigenvalue weighted by atomic mass is 35.7. The first-order valence-corrected chi connectivity index (χ1v) is 8.85. The van der Waals surface area contributed by atoms with E-state index in [-0.39, 0.29) is 10.8 Å². The summed E-state index contributed by atoms with van der Waals surface area (Å²) >= 11 is 0. The van der Waals surface area contributed by atoms with Crippen LogP contribution in [0.1, 0.15) is 29.8 Å². The summed E-state index contributed by atoms with van der Waals surface area (Å²) in [6.45, 7) is 7.43. The third kappa shape index (κ3) is 2.99. The zero-order valence-corrected chi connectivity index (χ0v) is 13.3. The number of benzene rings is 1. The third-order valence-electron chi connectivity index (χ3n) is 4.00. The van der Waals surface area contributed by atoms with E-state index in [1.165, 1.54) is 12.1 Å². The zero-order chi connectivity index (χ0) is 15.1. The van der Waals surface area contributed by atoms with E-state index in [1.54, 1.807) is 17.9 Å². The van der Waals surface area contributed by atoms with E-state index >= 15 is 0 Å². The van der Waals surface area contributed by atoms with Crippen LogP contribution in [0, 0.1) is 18.8 Å². The molecule has 1 amide bonds. The van der Waals surface area contributed by atoms with Crippen LogP contribution in [-0.2, 0) is 9.05 Å². The Kier molecular flexibility index (Phi) is 4.12. The number of hydrogen-bond donors (Lipinski definition) is 0. The second kappa shape index (κ2) is 5.37. The minimum Gasteiger partial charge on any atom is -0.338 e. The number of hydrogen-bond acceptors (Lipinski definition) is 3. The van der Waals surface area contributed by atoms with Gasteiger partial charge in [0.2, 0.25) is 0 Å². The highest BCUT2D eigenvalue weighted by molar-refractivity contribution is 8.13. The van der Waals surface area contributed by atoms with Gasteiger partial charge in [-0.2, -0.15) is 0 Å². The van der Waals surface area contributed by atoms with E-state index in [0.717, 1.165) is 5.56 Å². The van der Waals surface area contributed by atoms with Crippen molar-refractivity contribution < 1.29 is 13.2 Å². The van der Waals surface area contributed by atoms with E-state index in [1.807, 2.05) is 0 Å². The summed E-state index contributed by atoms with van der Waals surface area (Å²) in [5.41, 5.74) is 1.17. The SMILES string of the molecule is Cc1ccc(S(=O)(=O)Cl)cc1C(=O)N1CC(C)C(C)C1. The molecule has 1 fully saturated rings. The van der Waals surface area contributed by atoms with Crippen molar-refractivity contribution in [3.63, 3.8) is 0 Å². The molecule has 0 saturated carbocycles. The van der Waals surface area contributed by atoms with Gasteiger partial charge in [-0.05, 0) is 36.5 Å². The maximum Gasteiger partial charge on any atom is 0.261 e. The number of halogens is 1. The number of rotatable bonds is 2. The van der Waals surface area contributed by atoms with Gasteiger partial charge in [-0.1, -0.05) is 19.9 Å². The molecule has 2 atom stereocenters. The molecule has 0 spiro atoms. The first kappa shape index (κ1) is 15.3. The molecule has 1 aromatic carbocycles. The third-order valence-corrected chi connectivity index (χ3v) is 5.35. The van der Waals surface area contributed by atoms with Gasteiger partial charge >= 0.3 is 0 Å². The molecule has 0 aliphatic carbocycles. The van der Waals surface area contributed by atoms with Gasteiger partial charge in [-0.15, -0.1) is 0 Å². The fraction of sp³-hybridized carbons (Fsp3) is 0.500. The molecular formula is C14H18ClNO3S. The van der Waals surface area contributed by atoms with Crippen LogP contribution in [0.15, 0.2) is 23.1 Å². The lowest BCUT2D eigenvalue weighted by atomic mass is 10.0. The molecule has 4 nitrogen and oxygen atoms in total. The normalized spacial score (nSPS) is 23.1. The van der Waals surface area contributed by atoms with Gasteiger partial charge in [0, 0.05) is 29.3 Å². The summed E-state index contributed by atoms with van der Waals surface area (Å²) < 4.78 is 22.8. The highest BCUT2D eigenvalue weighted by Gasteiger charge is 2.30. The van der Waals surface area contributed by atoms with Gasteiger partial charge < -0.3 is 4.90 Å². The van der Waals surface area contributed by atoms with Crippen molar-refractivity contribution in [3.05, 3.63) is 29.3 Å². The largest absolute Gasteiger partial charge is 0.338 e. The quantitative estimate of drug-likeness (QED) is 0.788. The number of nitrogens with zero attached hydrogens (tertiary/aromatic N) is 1. The van der Waals surface area contributed by atoms with Crippen molar-refractivity contribution in [2.75, 3.05) is 13.1 Å². The number of aryl methyl sites for hydroxylation is 1. The van der Waals surface area contributed by atoms with Gasteiger partial charge in [0.25, 0.3) is 15.0 Å². The van der Waals surface area contributed by atoms with Crippen molar-refractivity contribution in [1.82, 2.24) is 4.90 Å². The van der Waals surface area contributed by atoms with Gasteiger partial charge in [-0.3, -0.25) is 4.79 Å². The molecular weight excluding hydrogens is 298 g/mol. The van der Waals surface area contributed by atoms with Crippen LogP contribution < -0.4 is 0 Å². The molecule has 1 aliphatic heterocycles. The molecule has 0 aromatic heterocycles. The zero-order valence-electron chi connectivity index (χ0n) is 11.8. The lowest BCUT2D eigenvalue weighted by Gasteiger charge is -2.17. The Hall–Kier alpha value is -1.07. The number of carbonyl (C=O) groups excluding carboxylic acids is 1. The van der Waals surface area contributed by atoms with Gasteiger partial charge in [-0.25, -0.2) is 8.42 Å². The molecule has 110 valence electrons. The van der Waals surface area contributed by atoms with Crippen molar-refractivity contribution >= 4 is 25.6 Å². The second-order valence-electron chi connectivity index (χ2n) is 5.58. The number of likely N-dealkylation sites (tertiary alicyclic amines) is 1. The molecule has 1 aromatic rings. The molecule has 6 heteroatoms. The standard InChI is InChI=1S/C14H18ClNO3S/c1-9-4-5-12(20(15,18)19)6-13(9)14(17)16-7-10(2)11(3)8-16/h4-6,10-11H,7-8H2,1-3H3. The van der Waals surface area contributed by atoms with Crippen LogP contribution >= 0.6 is 10.7 Å². The number of carbonyl (C=O) groups is 1. The van der Waals surface area contributed by atoms with Crippen LogP contribution in [0.3, 0.4) is 0 Å². The summed E-state index contributed by atoms with van der Waals surface area (Å²) in [6, 6.07) is 4.41. The molecule has 1 saturated heterocycles. The molecule has 20 heavy (non-hydrogen) atoms. The smallest absolute Gasteiger partial charge is 0.261 e. The Balaban J connectivity index is 2.35. The predicted molar refractivity (Wildman–Crippen MR) is 78.4 cm³/mol. The van der Waals surface area contributed by atoms with Crippen LogP contribution in [0.25, 0.3) is 0 Å². The van der Waals surface area contributed by atoms with Crippen LogP contribution in [0.2, 0.25) is 0 Å². The first-order chi connectivity index (χ1) is 9.20. The van der Waals surface area contributed by atoms with Crippen molar-refractivity contribution in [1.29, 1.82) is 0 Å².